The fraction of sp³-hybridized carbons (Fsp3) is 0.643. The highest BCUT2D eigenvalue weighted by molar-refractivity contribution is 5.54. The van der Waals surface area contributed by atoms with Crippen LogP contribution < -0.4 is 10.6 Å². The van der Waals surface area contributed by atoms with Gasteiger partial charge in [-0.25, -0.2) is 4.98 Å². The van der Waals surface area contributed by atoms with E-state index in [1.54, 1.807) is 7.05 Å². The van der Waals surface area contributed by atoms with Crippen molar-refractivity contribution in [1.29, 1.82) is 0 Å². The van der Waals surface area contributed by atoms with Crippen molar-refractivity contribution < 1.29 is 4.92 Å². The average molecular weight is 280 g/mol. The molecule has 0 amide bonds. The molecule has 1 unspecified atom stereocenters. The minimum absolute atomic E-state index is 0.0533. The molecule has 2 N–H and O–H groups in total. The zero-order valence-corrected chi connectivity index (χ0v) is 12.5. The van der Waals surface area contributed by atoms with Gasteiger partial charge < -0.3 is 10.6 Å². The van der Waals surface area contributed by atoms with Crippen LogP contribution in [0.15, 0.2) is 12.1 Å². The second-order valence-corrected chi connectivity index (χ2v) is 4.88. The number of hydrogen-bond donors (Lipinski definition) is 2. The van der Waals surface area contributed by atoms with E-state index >= 15 is 0 Å². The van der Waals surface area contributed by atoms with E-state index in [2.05, 4.69) is 29.5 Å². The Bertz CT molecular complexity index is 437. The molecule has 112 valence electrons. The number of nitrogens with one attached hydrogen (secondary N) is 2. The van der Waals surface area contributed by atoms with Crippen molar-refractivity contribution >= 4 is 17.3 Å². The minimum atomic E-state index is -0.394. The van der Waals surface area contributed by atoms with Crippen LogP contribution in [0.5, 0.6) is 0 Å². The Labute approximate surface area is 120 Å². The number of nitro groups is 1. The molecule has 0 saturated carbocycles. The molecular weight excluding hydrogens is 256 g/mol. The zero-order chi connectivity index (χ0) is 15.0. The summed E-state index contributed by atoms with van der Waals surface area (Å²) >= 11 is 0. The van der Waals surface area contributed by atoms with Gasteiger partial charge in [-0.05, 0) is 12.8 Å². The maximum absolute atomic E-state index is 10.9. The highest BCUT2D eigenvalue weighted by Gasteiger charge is 2.13. The van der Waals surface area contributed by atoms with E-state index in [0.717, 1.165) is 32.1 Å². The van der Waals surface area contributed by atoms with E-state index in [0.29, 0.717) is 17.7 Å². The maximum Gasteiger partial charge on any atom is 0.276 e. The fourth-order valence-electron chi connectivity index (χ4n) is 2.12. The highest BCUT2D eigenvalue weighted by atomic mass is 16.6. The Hall–Kier alpha value is -1.85. The standard InChI is InChI=1S/C14H24N4O2/c1-4-6-8-11(7-5-2)16-14-10-12(18(19)20)9-13(15-3)17-14/h9-11H,4-8H2,1-3H3,(H2,15,16,17). The van der Waals surface area contributed by atoms with Crippen molar-refractivity contribution in [2.75, 3.05) is 17.7 Å². The third kappa shape index (κ3) is 5.03. The van der Waals surface area contributed by atoms with Crippen molar-refractivity contribution in [2.45, 2.75) is 52.0 Å². The topological polar surface area (TPSA) is 80.1 Å². The van der Waals surface area contributed by atoms with Crippen molar-refractivity contribution in [2.24, 2.45) is 0 Å². The summed E-state index contributed by atoms with van der Waals surface area (Å²) in [5.74, 6) is 1.07. The van der Waals surface area contributed by atoms with E-state index in [-0.39, 0.29) is 5.69 Å². The molecule has 1 rings (SSSR count). The van der Waals surface area contributed by atoms with E-state index in [4.69, 9.17) is 0 Å². The monoisotopic (exact) mass is 280 g/mol. The molecule has 1 atom stereocenters. The molecule has 0 bridgehead atoms. The number of nitrogens with zero attached hydrogens (tertiary/aromatic N) is 2. The molecule has 0 aliphatic carbocycles. The van der Waals surface area contributed by atoms with Gasteiger partial charge in [0, 0.05) is 13.1 Å². The molecule has 0 spiro atoms. The maximum atomic E-state index is 10.9. The predicted octanol–water partition coefficient (Wildman–Crippen LogP) is 3.80. The number of rotatable bonds is 9. The molecule has 1 heterocycles. The molecular formula is C14H24N4O2. The Morgan fingerprint density at radius 2 is 1.95 bits per heavy atom. The van der Waals surface area contributed by atoms with Gasteiger partial charge in [0.05, 0.1) is 17.1 Å². The third-order valence-corrected chi connectivity index (χ3v) is 3.17. The van der Waals surface area contributed by atoms with Crippen LogP contribution in [-0.4, -0.2) is 23.0 Å². The van der Waals surface area contributed by atoms with Crippen LogP contribution in [0.3, 0.4) is 0 Å². The summed E-state index contributed by atoms with van der Waals surface area (Å²) in [7, 11) is 1.70. The predicted molar refractivity (Wildman–Crippen MR) is 82.3 cm³/mol. The van der Waals surface area contributed by atoms with Gasteiger partial charge in [0.1, 0.15) is 11.6 Å². The first-order chi connectivity index (χ1) is 9.60. The number of pyridine rings is 1. The quantitative estimate of drug-likeness (QED) is 0.531. The summed E-state index contributed by atoms with van der Waals surface area (Å²) in [6.07, 6.45) is 5.47. The lowest BCUT2D eigenvalue weighted by molar-refractivity contribution is -0.384. The van der Waals surface area contributed by atoms with Gasteiger partial charge in [-0.1, -0.05) is 33.1 Å². The molecule has 0 aliphatic heterocycles. The zero-order valence-electron chi connectivity index (χ0n) is 12.5. The Morgan fingerprint density at radius 1 is 1.25 bits per heavy atom. The SMILES string of the molecule is CCCCC(CCC)Nc1cc([N+](=O)[O-])cc(NC)n1. The van der Waals surface area contributed by atoms with Gasteiger partial charge in [-0.3, -0.25) is 10.1 Å². The molecule has 20 heavy (non-hydrogen) atoms. The lowest BCUT2D eigenvalue weighted by atomic mass is 10.1. The van der Waals surface area contributed by atoms with Crippen LogP contribution in [0.25, 0.3) is 0 Å². The van der Waals surface area contributed by atoms with Gasteiger partial charge in [0.2, 0.25) is 0 Å². The van der Waals surface area contributed by atoms with E-state index < -0.39 is 4.92 Å². The van der Waals surface area contributed by atoms with Crippen LogP contribution in [0.2, 0.25) is 0 Å². The first kappa shape index (κ1) is 16.2. The summed E-state index contributed by atoms with van der Waals surface area (Å²) in [6.45, 7) is 4.30. The molecule has 0 fully saturated rings. The van der Waals surface area contributed by atoms with Crippen molar-refractivity contribution in [3.8, 4) is 0 Å². The normalized spacial score (nSPS) is 11.9. The molecule has 0 aliphatic rings. The minimum Gasteiger partial charge on any atom is -0.373 e. The highest BCUT2D eigenvalue weighted by Crippen LogP contribution is 2.22. The van der Waals surface area contributed by atoms with Crippen LogP contribution in [-0.2, 0) is 0 Å². The van der Waals surface area contributed by atoms with Crippen molar-refractivity contribution in [3.63, 3.8) is 0 Å². The van der Waals surface area contributed by atoms with E-state index in [1.807, 2.05) is 0 Å². The van der Waals surface area contributed by atoms with Crippen molar-refractivity contribution in [3.05, 3.63) is 22.2 Å². The second kappa shape index (κ2) is 8.35. The first-order valence-electron chi connectivity index (χ1n) is 7.21. The fourth-order valence-corrected chi connectivity index (χ4v) is 2.12. The molecule has 6 nitrogen and oxygen atoms in total. The Balaban J connectivity index is 2.87. The van der Waals surface area contributed by atoms with Gasteiger partial charge in [0.25, 0.3) is 5.69 Å². The summed E-state index contributed by atoms with van der Waals surface area (Å²) in [4.78, 5) is 14.9. The van der Waals surface area contributed by atoms with Gasteiger partial charge in [-0.15, -0.1) is 0 Å². The number of aromatic nitrogens is 1. The molecule has 1 aromatic heterocycles. The summed E-state index contributed by atoms with van der Waals surface area (Å²) < 4.78 is 0. The summed E-state index contributed by atoms with van der Waals surface area (Å²) in [6, 6.07) is 3.25. The largest absolute Gasteiger partial charge is 0.373 e. The first-order valence-corrected chi connectivity index (χ1v) is 7.21. The smallest absolute Gasteiger partial charge is 0.276 e. The molecule has 0 saturated heterocycles. The summed E-state index contributed by atoms with van der Waals surface area (Å²) in [5.41, 5.74) is 0.0533. The van der Waals surface area contributed by atoms with Crippen molar-refractivity contribution in [1.82, 2.24) is 4.98 Å². The molecule has 0 aromatic carbocycles. The van der Waals surface area contributed by atoms with E-state index in [9.17, 15) is 10.1 Å². The van der Waals surface area contributed by atoms with Crippen LogP contribution >= 0.6 is 0 Å². The van der Waals surface area contributed by atoms with Gasteiger partial charge >= 0.3 is 0 Å². The summed E-state index contributed by atoms with van der Waals surface area (Å²) in [5, 5.41) is 17.1. The van der Waals surface area contributed by atoms with Crippen LogP contribution in [0.1, 0.15) is 46.0 Å². The second-order valence-electron chi connectivity index (χ2n) is 4.88. The van der Waals surface area contributed by atoms with Gasteiger partial charge in [-0.2, -0.15) is 0 Å². The lowest BCUT2D eigenvalue weighted by Crippen LogP contribution is -2.20. The third-order valence-electron chi connectivity index (χ3n) is 3.17. The van der Waals surface area contributed by atoms with Crippen LogP contribution in [0, 0.1) is 10.1 Å². The number of hydrogen-bond acceptors (Lipinski definition) is 5. The average Bonchev–Trinajstić information content (AvgIpc) is 2.44. The Kier molecular flexibility index (Phi) is 6.76. The molecule has 6 heteroatoms. The van der Waals surface area contributed by atoms with Crippen LogP contribution in [0.4, 0.5) is 17.3 Å². The van der Waals surface area contributed by atoms with E-state index in [1.165, 1.54) is 12.1 Å². The number of unbranched alkanes of at least 4 members (excludes halogenated alkanes) is 1. The van der Waals surface area contributed by atoms with Gasteiger partial charge in [0.15, 0.2) is 0 Å². The Morgan fingerprint density at radius 3 is 2.50 bits per heavy atom. The lowest BCUT2D eigenvalue weighted by Gasteiger charge is -2.18. The molecule has 1 aromatic rings. The number of anilines is 2. The molecule has 0 radical (unpaired) electrons.